The highest BCUT2D eigenvalue weighted by Gasteiger charge is 2.40. The van der Waals surface area contributed by atoms with Gasteiger partial charge in [0.05, 0.1) is 19.8 Å². The minimum Gasteiger partial charge on any atom is -0.504 e. The predicted molar refractivity (Wildman–Crippen MR) is 90.7 cm³/mol. The molecule has 0 aliphatic carbocycles. The summed E-state index contributed by atoms with van der Waals surface area (Å²) in [6.45, 7) is 0. The maximum absolute atomic E-state index is 12.8. The zero-order valence-electron chi connectivity index (χ0n) is 13.9. The minimum atomic E-state index is -5.44. The van der Waals surface area contributed by atoms with Gasteiger partial charge >= 0.3 is 0 Å². The van der Waals surface area contributed by atoms with Crippen molar-refractivity contribution in [2.75, 3.05) is 14.2 Å². The Bertz CT molecular complexity index is 1100. The number of carbonyl (C=O) groups is 1. The molecule has 2 aromatic carbocycles. The van der Waals surface area contributed by atoms with E-state index < -0.39 is 58.6 Å². The summed E-state index contributed by atoms with van der Waals surface area (Å²) < 4.78 is 76.1. The number of hydrogen-bond acceptors (Lipinski definition) is 8. The van der Waals surface area contributed by atoms with Gasteiger partial charge in [-0.25, -0.2) is 0 Å². The molecule has 2 rings (SSSR count). The molecule has 12 heteroatoms. The first-order valence-corrected chi connectivity index (χ1v) is 9.88. The number of benzene rings is 2. The highest BCUT2D eigenvalue weighted by atomic mass is 32.2. The predicted octanol–water partition coefficient (Wildman–Crippen LogP) is 1.13. The van der Waals surface area contributed by atoms with E-state index in [1.165, 1.54) is 24.3 Å². The second kappa shape index (κ2) is 7.15. The number of rotatable bonds is 6. The molecule has 10 nitrogen and oxygen atoms in total. The molecular formula is C15H14O10S2. The van der Waals surface area contributed by atoms with E-state index in [0.29, 0.717) is 0 Å². The third kappa shape index (κ3) is 3.73. The van der Waals surface area contributed by atoms with Gasteiger partial charge in [0.25, 0.3) is 20.2 Å². The number of ether oxygens (including phenoxy) is 2. The summed E-state index contributed by atoms with van der Waals surface area (Å²) in [5.41, 5.74) is -1.24. The van der Waals surface area contributed by atoms with Crippen LogP contribution in [-0.2, 0) is 20.2 Å². The first kappa shape index (κ1) is 20.6. The van der Waals surface area contributed by atoms with Crippen molar-refractivity contribution in [2.45, 2.75) is 9.79 Å². The van der Waals surface area contributed by atoms with Gasteiger partial charge in [-0.1, -0.05) is 30.3 Å². The maximum atomic E-state index is 12.8. The van der Waals surface area contributed by atoms with E-state index in [0.717, 1.165) is 14.2 Å². The summed E-state index contributed by atoms with van der Waals surface area (Å²) in [4.78, 5) is 9.80. The molecule has 0 spiro atoms. The van der Waals surface area contributed by atoms with Crippen LogP contribution in [0, 0.1) is 0 Å². The van der Waals surface area contributed by atoms with Crippen molar-refractivity contribution in [1.29, 1.82) is 0 Å². The van der Waals surface area contributed by atoms with Crippen molar-refractivity contribution >= 4 is 26.0 Å². The Balaban J connectivity index is 3.15. The normalized spacial score (nSPS) is 11.9. The largest absolute Gasteiger partial charge is 0.504 e. The van der Waals surface area contributed by atoms with Crippen LogP contribution in [0.4, 0.5) is 0 Å². The van der Waals surface area contributed by atoms with Crippen LogP contribution in [0.1, 0.15) is 15.9 Å². The van der Waals surface area contributed by atoms with E-state index in [9.17, 15) is 35.8 Å². The first-order valence-electron chi connectivity index (χ1n) is 7.00. The smallest absolute Gasteiger partial charge is 0.299 e. The van der Waals surface area contributed by atoms with Gasteiger partial charge < -0.3 is 14.6 Å². The van der Waals surface area contributed by atoms with Crippen molar-refractivity contribution in [1.82, 2.24) is 0 Å². The Labute approximate surface area is 154 Å². The standard InChI is InChI=1S/C15H14O10S2/c1-24-12-11(17)9(10(16)8-6-4-3-5-7-8)14(26(18,19)20)15(13(12)25-2)27(21,22)23/h3-7,17H,1-2H3,(H,18,19,20)(H,21,22,23). The third-order valence-electron chi connectivity index (χ3n) is 3.48. The van der Waals surface area contributed by atoms with Gasteiger partial charge in [0.15, 0.2) is 22.2 Å². The van der Waals surface area contributed by atoms with Gasteiger partial charge in [-0.2, -0.15) is 16.8 Å². The molecule has 0 bridgehead atoms. The van der Waals surface area contributed by atoms with Crippen molar-refractivity contribution in [3.05, 3.63) is 41.5 Å². The molecule has 0 aromatic heterocycles. The Kier molecular flexibility index (Phi) is 5.47. The number of hydrogen-bond donors (Lipinski definition) is 3. The van der Waals surface area contributed by atoms with Crippen molar-refractivity contribution in [2.24, 2.45) is 0 Å². The fourth-order valence-corrected chi connectivity index (χ4v) is 4.60. The molecule has 0 heterocycles. The molecule has 0 amide bonds. The zero-order chi connectivity index (χ0) is 20.6. The first-order chi connectivity index (χ1) is 12.4. The third-order valence-corrected chi connectivity index (χ3v) is 5.44. The summed E-state index contributed by atoms with van der Waals surface area (Å²) in [7, 11) is -8.91. The molecule has 146 valence electrons. The van der Waals surface area contributed by atoms with Crippen LogP contribution in [0.2, 0.25) is 0 Å². The molecule has 0 fully saturated rings. The fourth-order valence-electron chi connectivity index (χ4n) is 2.45. The number of carbonyl (C=O) groups excluding carboxylic acids is 1. The van der Waals surface area contributed by atoms with Crippen LogP contribution in [-0.4, -0.2) is 51.1 Å². The van der Waals surface area contributed by atoms with Crippen molar-refractivity contribution in [3.8, 4) is 17.2 Å². The lowest BCUT2D eigenvalue weighted by atomic mass is 10.0. The van der Waals surface area contributed by atoms with Crippen LogP contribution in [0.5, 0.6) is 17.2 Å². The van der Waals surface area contributed by atoms with Gasteiger partial charge in [-0.05, 0) is 0 Å². The summed E-state index contributed by atoms with van der Waals surface area (Å²) in [5.74, 6) is -3.87. The molecule has 0 aliphatic rings. The molecule has 0 unspecified atom stereocenters. The molecular weight excluding hydrogens is 404 g/mol. The zero-order valence-corrected chi connectivity index (χ0v) is 15.5. The number of ketones is 1. The van der Waals surface area contributed by atoms with Gasteiger partial charge in [-0.3, -0.25) is 13.9 Å². The van der Waals surface area contributed by atoms with Crippen LogP contribution >= 0.6 is 0 Å². The summed E-state index contributed by atoms with van der Waals surface area (Å²) in [6.07, 6.45) is 0. The number of phenolic OH excluding ortho intramolecular Hbond substituents is 1. The summed E-state index contributed by atoms with van der Waals surface area (Å²) >= 11 is 0. The Morgan fingerprint density at radius 1 is 0.852 bits per heavy atom. The summed E-state index contributed by atoms with van der Waals surface area (Å²) in [6, 6.07) is 6.95. The number of phenols is 1. The van der Waals surface area contributed by atoms with Crippen LogP contribution in [0.15, 0.2) is 40.1 Å². The molecule has 0 saturated heterocycles. The Morgan fingerprint density at radius 3 is 1.74 bits per heavy atom. The average Bonchev–Trinajstić information content (AvgIpc) is 2.58. The molecule has 27 heavy (non-hydrogen) atoms. The van der Waals surface area contributed by atoms with Crippen LogP contribution < -0.4 is 9.47 Å². The van der Waals surface area contributed by atoms with Gasteiger partial charge in [0.1, 0.15) is 4.90 Å². The van der Waals surface area contributed by atoms with Gasteiger partial charge in [-0.15, -0.1) is 0 Å². The number of methoxy groups -OCH3 is 2. The van der Waals surface area contributed by atoms with E-state index in [2.05, 4.69) is 0 Å². The van der Waals surface area contributed by atoms with Gasteiger partial charge in [0, 0.05) is 5.56 Å². The van der Waals surface area contributed by atoms with Crippen LogP contribution in [0.25, 0.3) is 0 Å². The topological polar surface area (TPSA) is 164 Å². The SMILES string of the molecule is COc1c(O)c(C(=O)c2ccccc2)c(S(=O)(=O)O)c(S(=O)(=O)O)c1OC. The highest BCUT2D eigenvalue weighted by Crippen LogP contribution is 2.48. The van der Waals surface area contributed by atoms with Crippen LogP contribution in [0.3, 0.4) is 0 Å². The molecule has 0 aliphatic heterocycles. The van der Waals surface area contributed by atoms with Gasteiger partial charge in [0.2, 0.25) is 5.75 Å². The van der Waals surface area contributed by atoms with E-state index in [-0.39, 0.29) is 5.56 Å². The van der Waals surface area contributed by atoms with E-state index in [4.69, 9.17) is 9.47 Å². The molecule has 0 radical (unpaired) electrons. The van der Waals surface area contributed by atoms with E-state index in [1.54, 1.807) is 6.07 Å². The Hall–Kier alpha value is -2.67. The minimum absolute atomic E-state index is 0.133. The quantitative estimate of drug-likeness (QED) is 0.457. The lowest BCUT2D eigenvalue weighted by molar-refractivity contribution is 0.103. The molecule has 3 N–H and O–H groups in total. The Morgan fingerprint density at radius 2 is 1.33 bits per heavy atom. The monoisotopic (exact) mass is 418 g/mol. The number of aromatic hydroxyl groups is 1. The van der Waals surface area contributed by atoms with E-state index in [1.807, 2.05) is 0 Å². The summed E-state index contributed by atoms with van der Waals surface area (Å²) in [5, 5.41) is 10.4. The lowest BCUT2D eigenvalue weighted by Crippen LogP contribution is -2.17. The molecule has 2 aromatic rings. The average molecular weight is 418 g/mol. The second-order valence-electron chi connectivity index (χ2n) is 5.09. The highest BCUT2D eigenvalue weighted by molar-refractivity contribution is 7.89. The molecule has 0 atom stereocenters. The van der Waals surface area contributed by atoms with Crippen molar-refractivity contribution < 1.29 is 45.3 Å². The second-order valence-corrected chi connectivity index (χ2v) is 7.81. The van der Waals surface area contributed by atoms with Crippen molar-refractivity contribution in [3.63, 3.8) is 0 Å². The van der Waals surface area contributed by atoms with E-state index >= 15 is 0 Å². The molecule has 0 saturated carbocycles. The lowest BCUT2D eigenvalue weighted by Gasteiger charge is -2.19. The maximum Gasteiger partial charge on any atom is 0.299 e. The fraction of sp³-hybridized carbons (Fsp3) is 0.133.